The van der Waals surface area contributed by atoms with Crippen LogP contribution in [-0.4, -0.2) is 23.1 Å². The van der Waals surface area contributed by atoms with Crippen LogP contribution in [0.2, 0.25) is 0 Å². The Morgan fingerprint density at radius 2 is 1.72 bits per heavy atom. The molecule has 4 heteroatoms. The first-order valence-corrected chi connectivity index (χ1v) is 7.20. The lowest BCUT2D eigenvalue weighted by atomic mass is 10.0. The minimum atomic E-state index is 1.03. The van der Waals surface area contributed by atoms with Crippen molar-refractivity contribution < 1.29 is 0 Å². The van der Waals surface area contributed by atoms with E-state index in [0.29, 0.717) is 0 Å². The van der Waals surface area contributed by atoms with Gasteiger partial charge in [0, 0.05) is 19.3 Å². The molecule has 0 spiro atoms. The zero-order valence-electron chi connectivity index (χ0n) is 10.0. The summed E-state index contributed by atoms with van der Waals surface area (Å²) in [5, 5.41) is 0. The highest BCUT2D eigenvalue weighted by atomic mass is 127. The third kappa shape index (κ3) is 2.34. The van der Waals surface area contributed by atoms with E-state index in [-0.39, 0.29) is 0 Å². The number of rotatable bonds is 1. The van der Waals surface area contributed by atoms with E-state index >= 15 is 0 Å². The fourth-order valence-corrected chi connectivity index (χ4v) is 3.06. The summed E-state index contributed by atoms with van der Waals surface area (Å²) in [5.74, 6) is 1.07. The molecule has 0 unspecified atom stereocenters. The zero-order valence-corrected chi connectivity index (χ0v) is 12.2. The molecule has 3 rings (SSSR count). The van der Waals surface area contributed by atoms with Crippen LogP contribution in [0.3, 0.4) is 0 Å². The molecule has 0 saturated carbocycles. The summed E-state index contributed by atoms with van der Waals surface area (Å²) in [6, 6.07) is 8.74. The Kier molecular flexibility index (Phi) is 3.45. The number of hydrogen-bond donors (Lipinski definition) is 0. The Morgan fingerprint density at radius 1 is 1.06 bits per heavy atom. The molecule has 2 aromatic rings. The molecule has 3 nitrogen and oxygen atoms in total. The number of hydrogen-bond acceptors (Lipinski definition) is 3. The van der Waals surface area contributed by atoms with Gasteiger partial charge >= 0.3 is 0 Å². The molecule has 1 aliphatic rings. The molecule has 18 heavy (non-hydrogen) atoms. The van der Waals surface area contributed by atoms with Gasteiger partial charge in [0.2, 0.25) is 0 Å². The van der Waals surface area contributed by atoms with Gasteiger partial charge in [-0.15, -0.1) is 0 Å². The van der Waals surface area contributed by atoms with Crippen LogP contribution in [-0.2, 0) is 12.8 Å². The molecular weight excluding hydrogens is 337 g/mol. The Balaban J connectivity index is 1.85. The Labute approximate surface area is 120 Å². The molecule has 0 atom stereocenters. The summed E-state index contributed by atoms with van der Waals surface area (Å²) in [7, 11) is 0. The van der Waals surface area contributed by atoms with Gasteiger partial charge in [-0.2, -0.15) is 0 Å². The fraction of sp³-hybridized carbons (Fsp3) is 0.286. The van der Waals surface area contributed by atoms with Crippen molar-refractivity contribution in [2.24, 2.45) is 0 Å². The van der Waals surface area contributed by atoms with Crippen LogP contribution in [0.4, 0.5) is 5.82 Å². The van der Waals surface area contributed by atoms with E-state index in [4.69, 9.17) is 0 Å². The number of aromatic nitrogens is 2. The second-order valence-corrected chi connectivity index (χ2v) is 5.61. The van der Waals surface area contributed by atoms with E-state index in [9.17, 15) is 0 Å². The van der Waals surface area contributed by atoms with Crippen molar-refractivity contribution in [2.45, 2.75) is 12.8 Å². The van der Waals surface area contributed by atoms with Crippen molar-refractivity contribution in [2.75, 3.05) is 18.0 Å². The molecule has 92 valence electrons. The SMILES string of the molecule is Ic1cncnc1N1CCc2ccccc2CC1. The van der Waals surface area contributed by atoms with Crippen LogP contribution in [0.1, 0.15) is 11.1 Å². The van der Waals surface area contributed by atoms with Crippen LogP contribution < -0.4 is 4.90 Å². The van der Waals surface area contributed by atoms with Crippen molar-refractivity contribution in [1.82, 2.24) is 9.97 Å². The summed E-state index contributed by atoms with van der Waals surface area (Å²) in [4.78, 5) is 10.8. The summed E-state index contributed by atoms with van der Waals surface area (Å²) < 4.78 is 1.13. The molecule has 0 saturated heterocycles. The van der Waals surface area contributed by atoms with E-state index in [0.717, 1.165) is 35.3 Å². The molecular formula is C14H14IN3. The summed E-state index contributed by atoms with van der Waals surface area (Å²) >= 11 is 2.31. The topological polar surface area (TPSA) is 29.0 Å². The van der Waals surface area contributed by atoms with Crippen molar-refractivity contribution in [3.8, 4) is 0 Å². The first-order chi connectivity index (χ1) is 8.84. The van der Waals surface area contributed by atoms with Gasteiger partial charge in [0.25, 0.3) is 0 Å². The lowest BCUT2D eigenvalue weighted by Gasteiger charge is -2.22. The third-order valence-corrected chi connectivity index (χ3v) is 4.13. The predicted molar refractivity (Wildman–Crippen MR) is 80.8 cm³/mol. The quantitative estimate of drug-likeness (QED) is 0.740. The second-order valence-electron chi connectivity index (χ2n) is 4.45. The van der Waals surface area contributed by atoms with Gasteiger partial charge in [-0.3, -0.25) is 0 Å². The summed E-state index contributed by atoms with van der Waals surface area (Å²) in [6.45, 7) is 2.06. The highest BCUT2D eigenvalue weighted by Crippen LogP contribution is 2.22. The maximum atomic E-state index is 4.41. The largest absolute Gasteiger partial charge is 0.355 e. The average Bonchev–Trinajstić information content (AvgIpc) is 2.62. The van der Waals surface area contributed by atoms with E-state index < -0.39 is 0 Å². The van der Waals surface area contributed by atoms with Crippen LogP contribution in [0, 0.1) is 3.57 Å². The molecule has 2 heterocycles. The minimum absolute atomic E-state index is 1.03. The average molecular weight is 351 g/mol. The standard InChI is InChI=1S/C14H14IN3/c15-13-9-16-10-17-14(13)18-7-5-11-3-1-2-4-12(11)6-8-18/h1-4,9-10H,5-8H2. The first-order valence-electron chi connectivity index (χ1n) is 6.12. The van der Waals surface area contributed by atoms with Gasteiger partial charge in [0.15, 0.2) is 0 Å². The lowest BCUT2D eigenvalue weighted by molar-refractivity contribution is 0.785. The first kappa shape index (κ1) is 11.9. The highest BCUT2D eigenvalue weighted by molar-refractivity contribution is 14.1. The number of anilines is 1. The molecule has 1 aliphatic heterocycles. The van der Waals surface area contributed by atoms with E-state index in [1.165, 1.54) is 11.1 Å². The van der Waals surface area contributed by atoms with Gasteiger partial charge < -0.3 is 4.90 Å². The predicted octanol–water partition coefficient (Wildman–Crippen LogP) is 2.69. The summed E-state index contributed by atoms with van der Waals surface area (Å²) in [5.41, 5.74) is 2.95. The van der Waals surface area contributed by atoms with Gasteiger partial charge in [0.05, 0.1) is 3.57 Å². The normalized spacial score (nSPS) is 15.1. The summed E-state index contributed by atoms with van der Waals surface area (Å²) in [6.07, 6.45) is 5.70. The highest BCUT2D eigenvalue weighted by Gasteiger charge is 2.16. The van der Waals surface area contributed by atoms with Crippen molar-refractivity contribution in [1.29, 1.82) is 0 Å². The van der Waals surface area contributed by atoms with E-state index in [2.05, 4.69) is 61.7 Å². The Morgan fingerprint density at radius 3 is 2.33 bits per heavy atom. The van der Waals surface area contributed by atoms with E-state index in [1.807, 2.05) is 6.20 Å². The number of nitrogens with zero attached hydrogens (tertiary/aromatic N) is 3. The molecule has 0 radical (unpaired) electrons. The van der Waals surface area contributed by atoms with Gasteiger partial charge in [-0.05, 0) is 46.6 Å². The smallest absolute Gasteiger partial charge is 0.145 e. The number of benzene rings is 1. The van der Waals surface area contributed by atoms with E-state index in [1.54, 1.807) is 6.33 Å². The van der Waals surface area contributed by atoms with Crippen LogP contribution in [0.25, 0.3) is 0 Å². The molecule has 1 aromatic carbocycles. The third-order valence-electron chi connectivity index (χ3n) is 3.37. The van der Waals surface area contributed by atoms with Crippen molar-refractivity contribution in [3.63, 3.8) is 0 Å². The molecule has 0 fully saturated rings. The number of fused-ring (bicyclic) bond motifs is 1. The molecule has 0 bridgehead atoms. The maximum absolute atomic E-state index is 4.41. The molecule has 0 N–H and O–H groups in total. The Hall–Kier alpha value is -1.17. The van der Waals surface area contributed by atoms with Gasteiger partial charge in [-0.1, -0.05) is 24.3 Å². The van der Waals surface area contributed by atoms with Crippen molar-refractivity contribution in [3.05, 3.63) is 51.5 Å². The number of halogens is 1. The fourth-order valence-electron chi connectivity index (χ4n) is 2.42. The maximum Gasteiger partial charge on any atom is 0.145 e. The van der Waals surface area contributed by atoms with Gasteiger partial charge in [0.1, 0.15) is 12.1 Å². The van der Waals surface area contributed by atoms with Crippen molar-refractivity contribution >= 4 is 28.4 Å². The van der Waals surface area contributed by atoms with Crippen LogP contribution >= 0.6 is 22.6 Å². The molecule has 0 amide bonds. The Bertz CT molecular complexity index is 529. The van der Waals surface area contributed by atoms with Crippen LogP contribution in [0.15, 0.2) is 36.8 Å². The monoisotopic (exact) mass is 351 g/mol. The van der Waals surface area contributed by atoms with Gasteiger partial charge in [-0.25, -0.2) is 9.97 Å². The zero-order chi connectivity index (χ0) is 12.4. The minimum Gasteiger partial charge on any atom is -0.355 e. The van der Waals surface area contributed by atoms with Crippen LogP contribution in [0.5, 0.6) is 0 Å². The lowest BCUT2D eigenvalue weighted by Crippen LogP contribution is -2.27. The second kappa shape index (κ2) is 5.22. The molecule has 0 aliphatic carbocycles. The molecule has 1 aromatic heterocycles.